The molecule has 0 aliphatic heterocycles. The number of halogens is 1. The standard InChI is InChI=1S/C14H23ClN2O/c1-12-4-5-14(15)10-13(12)11-17-7-3-6-16-8-9-18-2/h4-5,10,16-17H,3,6-9,11H2,1-2H3. The van der Waals surface area contributed by atoms with Crippen molar-refractivity contribution in [3.63, 3.8) is 0 Å². The van der Waals surface area contributed by atoms with Crippen LogP contribution in [0.15, 0.2) is 18.2 Å². The van der Waals surface area contributed by atoms with Gasteiger partial charge in [0.1, 0.15) is 0 Å². The third-order valence-electron chi connectivity index (χ3n) is 2.82. The molecule has 0 unspecified atom stereocenters. The fourth-order valence-corrected chi connectivity index (χ4v) is 1.89. The Kier molecular flexibility index (Phi) is 8.01. The van der Waals surface area contributed by atoms with Crippen LogP contribution >= 0.6 is 11.6 Å². The van der Waals surface area contributed by atoms with Gasteiger partial charge >= 0.3 is 0 Å². The number of hydrogen-bond acceptors (Lipinski definition) is 3. The summed E-state index contributed by atoms with van der Waals surface area (Å²) in [5, 5.41) is 7.55. The Labute approximate surface area is 115 Å². The summed E-state index contributed by atoms with van der Waals surface area (Å²) < 4.78 is 4.96. The van der Waals surface area contributed by atoms with Gasteiger partial charge in [-0.3, -0.25) is 0 Å². The fraction of sp³-hybridized carbons (Fsp3) is 0.571. The number of benzene rings is 1. The van der Waals surface area contributed by atoms with Gasteiger partial charge in [0.15, 0.2) is 0 Å². The van der Waals surface area contributed by atoms with E-state index in [2.05, 4.69) is 23.6 Å². The van der Waals surface area contributed by atoms with Crippen LogP contribution in [0.4, 0.5) is 0 Å². The van der Waals surface area contributed by atoms with Crippen molar-refractivity contribution in [3.8, 4) is 0 Å². The highest BCUT2D eigenvalue weighted by Gasteiger charge is 1.98. The summed E-state index contributed by atoms with van der Waals surface area (Å²) in [6, 6.07) is 6.02. The quantitative estimate of drug-likeness (QED) is 0.676. The third kappa shape index (κ3) is 6.36. The van der Waals surface area contributed by atoms with E-state index in [1.165, 1.54) is 11.1 Å². The largest absolute Gasteiger partial charge is 0.383 e. The summed E-state index contributed by atoms with van der Waals surface area (Å²) in [6.45, 7) is 6.71. The van der Waals surface area contributed by atoms with Crippen LogP contribution in [0, 0.1) is 6.92 Å². The minimum Gasteiger partial charge on any atom is -0.383 e. The number of rotatable bonds is 9. The lowest BCUT2D eigenvalue weighted by Gasteiger charge is -2.09. The predicted molar refractivity (Wildman–Crippen MR) is 77.3 cm³/mol. The average molecular weight is 271 g/mol. The van der Waals surface area contributed by atoms with Crippen molar-refractivity contribution < 1.29 is 4.74 Å². The van der Waals surface area contributed by atoms with Crippen LogP contribution < -0.4 is 10.6 Å². The lowest BCUT2D eigenvalue weighted by Crippen LogP contribution is -2.24. The maximum atomic E-state index is 5.98. The van der Waals surface area contributed by atoms with Crippen molar-refractivity contribution in [3.05, 3.63) is 34.3 Å². The van der Waals surface area contributed by atoms with Crippen molar-refractivity contribution in [2.75, 3.05) is 33.4 Å². The second kappa shape index (κ2) is 9.34. The highest BCUT2D eigenvalue weighted by Crippen LogP contribution is 2.14. The van der Waals surface area contributed by atoms with E-state index in [0.717, 1.165) is 44.2 Å². The van der Waals surface area contributed by atoms with Gasteiger partial charge < -0.3 is 15.4 Å². The summed E-state index contributed by atoms with van der Waals surface area (Å²) in [6.07, 6.45) is 1.11. The Morgan fingerprint density at radius 2 is 1.94 bits per heavy atom. The van der Waals surface area contributed by atoms with Crippen molar-refractivity contribution in [1.29, 1.82) is 0 Å². The van der Waals surface area contributed by atoms with Gasteiger partial charge in [0.2, 0.25) is 0 Å². The molecule has 0 aliphatic carbocycles. The van der Waals surface area contributed by atoms with Gasteiger partial charge in [-0.2, -0.15) is 0 Å². The Hall–Kier alpha value is -0.610. The molecule has 2 N–H and O–H groups in total. The van der Waals surface area contributed by atoms with Crippen molar-refractivity contribution in [1.82, 2.24) is 10.6 Å². The second-order valence-electron chi connectivity index (χ2n) is 4.34. The molecule has 1 aromatic rings. The molecule has 0 fully saturated rings. The predicted octanol–water partition coefficient (Wildman–Crippen LogP) is 2.36. The molecule has 0 amide bonds. The molecule has 1 aromatic carbocycles. The van der Waals surface area contributed by atoms with Gasteiger partial charge in [0.05, 0.1) is 6.61 Å². The zero-order valence-corrected chi connectivity index (χ0v) is 12.0. The molecular weight excluding hydrogens is 248 g/mol. The first-order valence-electron chi connectivity index (χ1n) is 6.39. The van der Waals surface area contributed by atoms with Crippen LogP contribution in [0.25, 0.3) is 0 Å². The molecule has 102 valence electrons. The van der Waals surface area contributed by atoms with Crippen LogP contribution in [0.5, 0.6) is 0 Å². The maximum Gasteiger partial charge on any atom is 0.0587 e. The summed E-state index contributed by atoms with van der Waals surface area (Å²) in [4.78, 5) is 0. The van der Waals surface area contributed by atoms with E-state index in [4.69, 9.17) is 16.3 Å². The number of nitrogens with one attached hydrogen (secondary N) is 2. The minimum atomic E-state index is 0.773. The normalized spacial score (nSPS) is 10.8. The molecule has 0 aromatic heterocycles. The Bertz CT molecular complexity index is 345. The van der Waals surface area contributed by atoms with Crippen molar-refractivity contribution in [2.24, 2.45) is 0 Å². The molecule has 0 radical (unpaired) electrons. The van der Waals surface area contributed by atoms with E-state index in [1.54, 1.807) is 7.11 Å². The van der Waals surface area contributed by atoms with Gasteiger partial charge in [-0.05, 0) is 49.7 Å². The van der Waals surface area contributed by atoms with Crippen LogP contribution in [0.2, 0.25) is 5.02 Å². The monoisotopic (exact) mass is 270 g/mol. The number of ether oxygens (including phenoxy) is 1. The van der Waals surface area contributed by atoms with Crippen LogP contribution in [0.1, 0.15) is 17.5 Å². The van der Waals surface area contributed by atoms with Gasteiger partial charge in [0.25, 0.3) is 0 Å². The Morgan fingerprint density at radius 3 is 2.72 bits per heavy atom. The van der Waals surface area contributed by atoms with Gasteiger partial charge in [-0.25, -0.2) is 0 Å². The topological polar surface area (TPSA) is 33.3 Å². The molecule has 0 heterocycles. The number of aryl methyl sites for hydroxylation is 1. The summed E-state index contributed by atoms with van der Waals surface area (Å²) in [7, 11) is 1.72. The first kappa shape index (κ1) is 15.4. The highest BCUT2D eigenvalue weighted by atomic mass is 35.5. The van der Waals surface area contributed by atoms with Crippen LogP contribution in [-0.4, -0.2) is 33.4 Å². The first-order chi connectivity index (χ1) is 8.74. The van der Waals surface area contributed by atoms with Crippen LogP contribution in [0.3, 0.4) is 0 Å². The molecule has 0 atom stereocenters. The molecule has 0 spiro atoms. The van der Waals surface area contributed by atoms with Crippen LogP contribution in [-0.2, 0) is 11.3 Å². The lowest BCUT2D eigenvalue weighted by molar-refractivity contribution is 0.199. The smallest absolute Gasteiger partial charge is 0.0587 e. The fourth-order valence-electron chi connectivity index (χ4n) is 1.69. The molecule has 18 heavy (non-hydrogen) atoms. The molecule has 0 bridgehead atoms. The molecule has 0 saturated carbocycles. The minimum absolute atomic E-state index is 0.773. The van der Waals surface area contributed by atoms with E-state index in [-0.39, 0.29) is 0 Å². The second-order valence-corrected chi connectivity index (χ2v) is 4.78. The van der Waals surface area contributed by atoms with E-state index in [1.807, 2.05) is 12.1 Å². The molecular formula is C14H23ClN2O. The van der Waals surface area contributed by atoms with E-state index in [9.17, 15) is 0 Å². The Balaban J connectivity index is 2.09. The molecule has 1 rings (SSSR count). The van der Waals surface area contributed by atoms with E-state index >= 15 is 0 Å². The molecule has 4 heteroatoms. The number of methoxy groups -OCH3 is 1. The summed E-state index contributed by atoms with van der Waals surface area (Å²) in [5.41, 5.74) is 2.56. The first-order valence-corrected chi connectivity index (χ1v) is 6.77. The summed E-state index contributed by atoms with van der Waals surface area (Å²) in [5.74, 6) is 0. The Morgan fingerprint density at radius 1 is 1.17 bits per heavy atom. The molecule has 3 nitrogen and oxygen atoms in total. The zero-order chi connectivity index (χ0) is 13.2. The highest BCUT2D eigenvalue weighted by molar-refractivity contribution is 6.30. The summed E-state index contributed by atoms with van der Waals surface area (Å²) >= 11 is 5.98. The molecule has 0 aliphatic rings. The number of hydrogen-bond donors (Lipinski definition) is 2. The van der Waals surface area contributed by atoms with Gasteiger partial charge in [-0.15, -0.1) is 0 Å². The maximum absolute atomic E-state index is 5.98. The van der Waals surface area contributed by atoms with E-state index < -0.39 is 0 Å². The van der Waals surface area contributed by atoms with Gasteiger partial charge in [-0.1, -0.05) is 17.7 Å². The SMILES string of the molecule is COCCNCCCNCc1cc(Cl)ccc1C. The van der Waals surface area contributed by atoms with E-state index in [0.29, 0.717) is 0 Å². The van der Waals surface area contributed by atoms with Crippen molar-refractivity contribution in [2.45, 2.75) is 19.9 Å². The van der Waals surface area contributed by atoms with Crippen molar-refractivity contribution >= 4 is 11.6 Å². The van der Waals surface area contributed by atoms with Gasteiger partial charge in [0, 0.05) is 25.2 Å². The average Bonchev–Trinajstić information content (AvgIpc) is 2.36. The third-order valence-corrected chi connectivity index (χ3v) is 3.05. The zero-order valence-electron chi connectivity index (χ0n) is 11.3. The lowest BCUT2D eigenvalue weighted by atomic mass is 10.1. The molecule has 0 saturated heterocycles.